The minimum absolute atomic E-state index is 1.16. The normalized spacial score (nSPS) is 11.8. The van der Waals surface area contributed by atoms with Crippen molar-refractivity contribution in [1.82, 2.24) is 18.3 Å². The summed E-state index contributed by atoms with van der Waals surface area (Å²) in [5.74, 6) is 0. The van der Waals surface area contributed by atoms with E-state index in [1.165, 1.54) is 181 Å². The summed E-state index contributed by atoms with van der Waals surface area (Å²) in [6.45, 7) is 0. The summed E-state index contributed by atoms with van der Waals surface area (Å²) in [4.78, 5) is 0. The lowest BCUT2D eigenvalue weighted by Gasteiger charge is -2.12. The summed E-state index contributed by atoms with van der Waals surface area (Å²) >= 11 is 0. The molecule has 0 amide bonds. The van der Waals surface area contributed by atoms with Crippen LogP contribution in [-0.2, 0) is 0 Å². The Bertz CT molecular complexity index is 6570. The molecule has 4 aromatic heterocycles. The lowest BCUT2D eigenvalue weighted by Crippen LogP contribution is -1.95. The minimum Gasteiger partial charge on any atom is -0.309 e. The first-order valence-corrected chi connectivity index (χ1v) is 34.5. The molecule has 0 unspecified atom stereocenters. The smallest absolute Gasteiger partial charge is 0.0548 e. The van der Waals surface area contributed by atoms with Gasteiger partial charge in [-0.2, -0.15) is 0 Å². The fourth-order valence-corrected chi connectivity index (χ4v) is 16.1. The molecule has 466 valence electrons. The summed E-state index contributed by atoms with van der Waals surface area (Å²) in [6, 6.07) is 137. The zero-order valence-electron chi connectivity index (χ0n) is 54.6. The van der Waals surface area contributed by atoms with Gasteiger partial charge in [0.15, 0.2) is 0 Å². The van der Waals surface area contributed by atoms with Crippen molar-refractivity contribution in [2.24, 2.45) is 0 Å². The van der Waals surface area contributed by atoms with E-state index in [1.54, 1.807) is 0 Å². The number of hydrogen-bond acceptors (Lipinski definition) is 0. The van der Waals surface area contributed by atoms with E-state index in [1.807, 2.05) is 0 Å². The molecule has 21 aromatic rings. The molecule has 0 atom stereocenters. The highest BCUT2D eigenvalue weighted by atomic mass is 15.0. The topological polar surface area (TPSA) is 19.7 Å². The maximum absolute atomic E-state index is 2.45. The van der Waals surface area contributed by atoms with E-state index in [0.717, 1.165) is 5.69 Å². The first-order valence-electron chi connectivity index (χ1n) is 34.5. The van der Waals surface area contributed by atoms with Gasteiger partial charge < -0.3 is 18.3 Å². The summed E-state index contributed by atoms with van der Waals surface area (Å²) in [5, 5.41) is 17.6. The fraction of sp³-hybridized carbons (Fsp3) is 0. The molecule has 4 heteroatoms. The number of nitrogens with zero attached hydrogens (tertiary/aromatic N) is 4. The average molecular weight is 1270 g/mol. The Labute approximate surface area is 577 Å². The van der Waals surface area contributed by atoms with Crippen LogP contribution in [-0.4, -0.2) is 18.3 Å². The molecule has 0 radical (unpaired) electrons. The van der Waals surface area contributed by atoms with Gasteiger partial charge in [-0.3, -0.25) is 0 Å². The van der Waals surface area contributed by atoms with Gasteiger partial charge in [0.2, 0.25) is 0 Å². The predicted octanol–water partition coefficient (Wildman–Crippen LogP) is 25.9. The molecule has 0 bridgehead atoms. The number of hydrogen-bond donors (Lipinski definition) is 0. The highest BCUT2D eigenvalue weighted by Gasteiger charge is 2.23. The van der Waals surface area contributed by atoms with E-state index in [2.05, 4.69) is 394 Å². The van der Waals surface area contributed by atoms with Crippen molar-refractivity contribution >= 4 is 120 Å². The first-order chi connectivity index (χ1) is 49.6. The van der Waals surface area contributed by atoms with Crippen LogP contribution in [0.5, 0.6) is 0 Å². The number of aromatic nitrogens is 4. The van der Waals surface area contributed by atoms with Gasteiger partial charge in [-0.15, -0.1) is 0 Å². The van der Waals surface area contributed by atoms with Crippen molar-refractivity contribution < 1.29 is 0 Å². The van der Waals surface area contributed by atoms with Gasteiger partial charge in [0, 0.05) is 65.8 Å². The Balaban J connectivity index is 0.000000135. The second kappa shape index (κ2) is 23.2. The van der Waals surface area contributed by atoms with Gasteiger partial charge in [-0.1, -0.05) is 267 Å². The van der Waals surface area contributed by atoms with Crippen molar-refractivity contribution in [2.75, 3.05) is 0 Å². The molecule has 0 spiro atoms. The molecule has 0 aliphatic heterocycles. The molecule has 0 N–H and O–H groups in total. The molecule has 21 rings (SSSR count). The van der Waals surface area contributed by atoms with Crippen LogP contribution in [0, 0.1) is 0 Å². The van der Waals surface area contributed by atoms with Crippen LogP contribution in [0.25, 0.3) is 187 Å². The minimum atomic E-state index is 1.16. The molecule has 0 aliphatic carbocycles. The Kier molecular flexibility index (Phi) is 13.2. The SMILES string of the molecule is c1ccc(-c2ccc(-c3ccc(-n4c5ccccc5c5c6c7ccccc7n(-c7ccc8ccccc8c7)c6ccc54)cc3)cc2)cc1.c1ccc(-c2ccc3cc(-n4c5ccccc5c5c6c7ccccc7n(-c7ccc8cc(-c9ccccc9)ccc8c7)c6ccc54)ccc3c2)cc1. The lowest BCUT2D eigenvalue weighted by molar-refractivity contribution is 1.17. The number of rotatable bonds is 8. The summed E-state index contributed by atoms with van der Waals surface area (Å²) in [5.41, 5.74) is 24.2. The largest absolute Gasteiger partial charge is 0.309 e. The van der Waals surface area contributed by atoms with Crippen molar-refractivity contribution in [3.63, 3.8) is 0 Å². The molecule has 4 heterocycles. The van der Waals surface area contributed by atoms with Crippen molar-refractivity contribution in [2.45, 2.75) is 0 Å². The van der Waals surface area contributed by atoms with Crippen LogP contribution in [0.4, 0.5) is 0 Å². The second-order valence-electron chi connectivity index (χ2n) is 26.4. The zero-order chi connectivity index (χ0) is 65.8. The average Bonchev–Trinajstić information content (AvgIpc) is 1.55. The summed E-state index contributed by atoms with van der Waals surface area (Å²) in [7, 11) is 0. The number of para-hydroxylation sites is 4. The molecular weight excluding hydrogens is 1210 g/mol. The molecule has 0 saturated carbocycles. The Hall–Kier alpha value is -13.3. The zero-order valence-corrected chi connectivity index (χ0v) is 54.6. The summed E-state index contributed by atoms with van der Waals surface area (Å²) in [6.07, 6.45) is 0. The third kappa shape index (κ3) is 9.30. The van der Waals surface area contributed by atoms with Crippen LogP contribution >= 0.6 is 0 Å². The standard InChI is InChI=1S/C50H32N2.C46H30N2/c1-3-11-33(12-4-1)35-19-21-39-31-41(25-23-37(39)29-35)51-45-17-9-7-15-43(45)49-47(51)27-28-48-50(49)44-16-8-10-18-46(44)52(48)42-26-24-38-30-36(20-22-40(38)32-42)34-13-5-2-6-14-34;1-2-10-31(11-3-1)33-18-20-34(21-19-33)35-22-25-37(26-23-35)47-41-16-8-6-14-39(41)45-43(47)28-29-44-46(45)40-15-7-9-17-42(40)48(44)38-27-24-32-12-4-5-13-36(32)30-38/h1-32H;1-30H. The van der Waals surface area contributed by atoms with E-state index in [9.17, 15) is 0 Å². The van der Waals surface area contributed by atoms with Gasteiger partial charge >= 0.3 is 0 Å². The third-order valence-electron chi connectivity index (χ3n) is 20.8. The maximum Gasteiger partial charge on any atom is 0.0548 e. The van der Waals surface area contributed by atoms with Gasteiger partial charge in [0.05, 0.1) is 44.1 Å². The van der Waals surface area contributed by atoms with Crippen LogP contribution in [0.15, 0.2) is 376 Å². The Morgan fingerprint density at radius 2 is 0.360 bits per heavy atom. The van der Waals surface area contributed by atoms with Crippen molar-refractivity contribution in [3.8, 4) is 67.3 Å². The monoisotopic (exact) mass is 1270 g/mol. The number of fused-ring (bicyclic) bond motifs is 17. The fourth-order valence-electron chi connectivity index (χ4n) is 16.1. The molecule has 17 aromatic carbocycles. The molecule has 100 heavy (non-hydrogen) atoms. The molecular formula is C96H62N4. The highest BCUT2D eigenvalue weighted by molar-refractivity contribution is 6.30. The van der Waals surface area contributed by atoms with E-state index in [-0.39, 0.29) is 0 Å². The molecule has 0 aliphatic rings. The van der Waals surface area contributed by atoms with Gasteiger partial charge in [0.25, 0.3) is 0 Å². The van der Waals surface area contributed by atoms with E-state index < -0.39 is 0 Å². The Morgan fingerprint density at radius 3 is 0.730 bits per heavy atom. The third-order valence-corrected chi connectivity index (χ3v) is 20.8. The van der Waals surface area contributed by atoms with E-state index in [4.69, 9.17) is 0 Å². The molecule has 4 nitrogen and oxygen atoms in total. The van der Waals surface area contributed by atoms with Gasteiger partial charge in [-0.25, -0.2) is 0 Å². The quantitative estimate of drug-likeness (QED) is 0.144. The van der Waals surface area contributed by atoms with Gasteiger partial charge in [-0.05, 0) is 186 Å². The van der Waals surface area contributed by atoms with E-state index in [0.29, 0.717) is 0 Å². The predicted molar refractivity (Wildman–Crippen MR) is 425 cm³/mol. The van der Waals surface area contributed by atoms with Crippen LogP contribution in [0.1, 0.15) is 0 Å². The summed E-state index contributed by atoms with van der Waals surface area (Å²) < 4.78 is 9.75. The van der Waals surface area contributed by atoms with E-state index >= 15 is 0 Å². The van der Waals surface area contributed by atoms with Crippen molar-refractivity contribution in [3.05, 3.63) is 376 Å². The second-order valence-corrected chi connectivity index (χ2v) is 26.4. The number of benzene rings is 17. The van der Waals surface area contributed by atoms with Crippen LogP contribution in [0.2, 0.25) is 0 Å². The van der Waals surface area contributed by atoms with Gasteiger partial charge in [0.1, 0.15) is 0 Å². The first kappa shape index (κ1) is 57.0. The van der Waals surface area contributed by atoms with Crippen LogP contribution in [0.3, 0.4) is 0 Å². The van der Waals surface area contributed by atoms with Crippen molar-refractivity contribution in [1.29, 1.82) is 0 Å². The highest BCUT2D eigenvalue weighted by Crippen LogP contribution is 2.46. The van der Waals surface area contributed by atoms with Crippen LogP contribution < -0.4 is 0 Å². The maximum atomic E-state index is 2.45. The Morgan fingerprint density at radius 1 is 0.130 bits per heavy atom. The molecule has 0 saturated heterocycles. The lowest BCUT2D eigenvalue weighted by atomic mass is 10.0. The molecule has 0 fully saturated rings.